The van der Waals surface area contributed by atoms with E-state index in [0.717, 1.165) is 18.8 Å². The minimum absolute atomic E-state index is 0.806. The summed E-state index contributed by atoms with van der Waals surface area (Å²) in [7, 11) is 2.78. The number of unbranched alkanes of at least 4 members (excludes halogenated alkanes) is 1. The first-order valence-corrected chi connectivity index (χ1v) is 5.08. The van der Waals surface area contributed by atoms with Crippen molar-refractivity contribution in [3.8, 4) is 0 Å². The molecule has 0 rings (SSSR count). The van der Waals surface area contributed by atoms with Crippen LogP contribution in [-0.2, 0) is 0 Å². The Hall–Kier alpha value is -0.0900. The van der Waals surface area contributed by atoms with Gasteiger partial charge in [-0.3, -0.25) is 0 Å². The maximum absolute atomic E-state index is 3.67. The van der Waals surface area contributed by atoms with Crippen LogP contribution >= 0.6 is 9.24 Å². The molecular weight excluding hydrogens is 151 g/mol. The van der Waals surface area contributed by atoms with Gasteiger partial charge in [-0.15, -0.1) is 15.8 Å². The Morgan fingerprint density at radius 3 is 2.64 bits per heavy atom. The SMILES string of the molecule is C=CCC/C=C\CC(C)CP. The van der Waals surface area contributed by atoms with Crippen LogP contribution in [0.5, 0.6) is 0 Å². The van der Waals surface area contributed by atoms with Crippen LogP contribution in [0.15, 0.2) is 24.8 Å². The first-order chi connectivity index (χ1) is 5.31. The molecule has 0 N–H and O–H groups in total. The molecule has 0 fully saturated rings. The number of hydrogen-bond acceptors (Lipinski definition) is 0. The zero-order valence-electron chi connectivity index (χ0n) is 7.42. The Balaban J connectivity index is 3.21. The van der Waals surface area contributed by atoms with Gasteiger partial charge in [-0.2, -0.15) is 0 Å². The smallest absolute Gasteiger partial charge is 0.0316 e. The highest BCUT2D eigenvalue weighted by Gasteiger charge is 1.92. The number of allylic oxidation sites excluding steroid dienone is 3. The summed E-state index contributed by atoms with van der Waals surface area (Å²) in [5, 5.41) is 0. The van der Waals surface area contributed by atoms with E-state index in [1.54, 1.807) is 0 Å². The molecule has 0 saturated heterocycles. The van der Waals surface area contributed by atoms with Crippen LogP contribution in [0.25, 0.3) is 0 Å². The van der Waals surface area contributed by atoms with Crippen molar-refractivity contribution in [1.82, 2.24) is 0 Å². The van der Waals surface area contributed by atoms with Gasteiger partial charge in [-0.25, -0.2) is 0 Å². The minimum Gasteiger partial charge on any atom is -0.137 e. The average Bonchev–Trinajstić information content (AvgIpc) is 2.04. The van der Waals surface area contributed by atoms with Crippen LogP contribution in [-0.4, -0.2) is 6.16 Å². The van der Waals surface area contributed by atoms with E-state index in [9.17, 15) is 0 Å². The summed E-state index contributed by atoms with van der Waals surface area (Å²) in [6, 6.07) is 0. The Morgan fingerprint density at radius 2 is 2.09 bits per heavy atom. The molecule has 64 valence electrons. The normalized spacial score (nSPS) is 13.6. The van der Waals surface area contributed by atoms with Gasteiger partial charge in [-0.1, -0.05) is 25.2 Å². The summed E-state index contributed by atoms with van der Waals surface area (Å²) < 4.78 is 0. The molecule has 2 unspecified atom stereocenters. The molecular formula is C10H19P. The van der Waals surface area contributed by atoms with Crippen LogP contribution in [0.3, 0.4) is 0 Å². The molecule has 0 aliphatic carbocycles. The molecule has 0 radical (unpaired) electrons. The van der Waals surface area contributed by atoms with E-state index in [2.05, 4.69) is 34.9 Å². The molecule has 0 bridgehead atoms. The van der Waals surface area contributed by atoms with E-state index < -0.39 is 0 Å². The molecule has 1 heteroatoms. The highest BCUT2D eigenvalue weighted by atomic mass is 31.0. The molecule has 0 aromatic rings. The first-order valence-electron chi connectivity index (χ1n) is 4.27. The van der Waals surface area contributed by atoms with E-state index in [-0.39, 0.29) is 0 Å². The van der Waals surface area contributed by atoms with E-state index in [1.165, 1.54) is 12.6 Å². The van der Waals surface area contributed by atoms with Crippen LogP contribution < -0.4 is 0 Å². The van der Waals surface area contributed by atoms with Gasteiger partial charge >= 0.3 is 0 Å². The van der Waals surface area contributed by atoms with Gasteiger partial charge in [0.1, 0.15) is 0 Å². The molecule has 2 atom stereocenters. The van der Waals surface area contributed by atoms with Gasteiger partial charge in [-0.05, 0) is 31.3 Å². The van der Waals surface area contributed by atoms with E-state index in [4.69, 9.17) is 0 Å². The molecule has 0 aliphatic rings. The molecule has 0 spiro atoms. The van der Waals surface area contributed by atoms with Crippen molar-refractivity contribution < 1.29 is 0 Å². The van der Waals surface area contributed by atoms with Crippen molar-refractivity contribution >= 4 is 9.24 Å². The van der Waals surface area contributed by atoms with Crippen molar-refractivity contribution in [3.05, 3.63) is 24.8 Å². The molecule has 0 aromatic heterocycles. The highest BCUT2D eigenvalue weighted by Crippen LogP contribution is 2.06. The van der Waals surface area contributed by atoms with Gasteiger partial charge in [0.2, 0.25) is 0 Å². The molecule has 11 heavy (non-hydrogen) atoms. The number of hydrogen-bond donors (Lipinski definition) is 0. The lowest BCUT2D eigenvalue weighted by atomic mass is 10.1. The van der Waals surface area contributed by atoms with E-state index in [0.29, 0.717) is 0 Å². The third kappa shape index (κ3) is 7.81. The van der Waals surface area contributed by atoms with E-state index >= 15 is 0 Å². The summed E-state index contributed by atoms with van der Waals surface area (Å²) in [5.74, 6) is 0.806. The fourth-order valence-corrected chi connectivity index (χ4v) is 0.949. The molecule has 0 saturated carbocycles. The maximum Gasteiger partial charge on any atom is -0.0316 e. The maximum atomic E-state index is 3.67. The molecule has 0 aliphatic heterocycles. The van der Waals surface area contributed by atoms with Crippen molar-refractivity contribution in [2.45, 2.75) is 26.2 Å². The van der Waals surface area contributed by atoms with Crippen LogP contribution in [0.2, 0.25) is 0 Å². The fourth-order valence-electron chi connectivity index (χ4n) is 0.757. The Bertz CT molecular complexity index is 116. The van der Waals surface area contributed by atoms with Gasteiger partial charge in [0.05, 0.1) is 0 Å². The van der Waals surface area contributed by atoms with Gasteiger partial charge < -0.3 is 0 Å². The molecule has 0 heterocycles. The monoisotopic (exact) mass is 170 g/mol. The Labute approximate surface area is 73.0 Å². The second-order valence-electron chi connectivity index (χ2n) is 2.91. The van der Waals surface area contributed by atoms with Crippen molar-refractivity contribution in [2.24, 2.45) is 5.92 Å². The predicted octanol–water partition coefficient (Wildman–Crippen LogP) is 3.41. The minimum atomic E-state index is 0.806. The number of rotatable bonds is 6. The molecule has 0 amide bonds. The average molecular weight is 170 g/mol. The van der Waals surface area contributed by atoms with Crippen molar-refractivity contribution in [3.63, 3.8) is 0 Å². The summed E-state index contributed by atoms with van der Waals surface area (Å²) in [4.78, 5) is 0. The summed E-state index contributed by atoms with van der Waals surface area (Å²) in [5.41, 5.74) is 0. The van der Waals surface area contributed by atoms with E-state index in [1.807, 2.05) is 6.08 Å². The third-order valence-corrected chi connectivity index (χ3v) is 2.45. The summed E-state index contributed by atoms with van der Waals surface area (Å²) >= 11 is 0. The lowest BCUT2D eigenvalue weighted by molar-refractivity contribution is 0.674. The van der Waals surface area contributed by atoms with Crippen LogP contribution in [0.4, 0.5) is 0 Å². The Kier molecular flexibility index (Phi) is 7.95. The standard InChI is InChI=1S/C10H19P/c1-3-4-5-6-7-8-10(2)9-11/h3,6-7,10H,1,4-5,8-9,11H2,2H3/b7-6-. The fraction of sp³-hybridized carbons (Fsp3) is 0.600. The lowest BCUT2D eigenvalue weighted by Crippen LogP contribution is -1.91. The third-order valence-electron chi connectivity index (χ3n) is 1.64. The van der Waals surface area contributed by atoms with Crippen LogP contribution in [0, 0.1) is 5.92 Å². The van der Waals surface area contributed by atoms with Crippen molar-refractivity contribution in [1.29, 1.82) is 0 Å². The predicted molar refractivity (Wildman–Crippen MR) is 56.9 cm³/mol. The molecule has 0 aromatic carbocycles. The summed E-state index contributed by atoms with van der Waals surface area (Å²) in [6.07, 6.45) is 11.1. The van der Waals surface area contributed by atoms with Crippen LogP contribution in [0.1, 0.15) is 26.2 Å². The Morgan fingerprint density at radius 1 is 1.36 bits per heavy atom. The topological polar surface area (TPSA) is 0 Å². The quantitative estimate of drug-likeness (QED) is 0.325. The van der Waals surface area contributed by atoms with Gasteiger partial charge in [0.25, 0.3) is 0 Å². The zero-order chi connectivity index (χ0) is 8.53. The van der Waals surface area contributed by atoms with Gasteiger partial charge in [0.15, 0.2) is 0 Å². The second kappa shape index (κ2) is 8.01. The zero-order valence-corrected chi connectivity index (χ0v) is 8.58. The second-order valence-corrected chi connectivity index (χ2v) is 3.39. The summed E-state index contributed by atoms with van der Waals surface area (Å²) in [6.45, 7) is 5.94. The first kappa shape index (κ1) is 10.9. The van der Waals surface area contributed by atoms with Crippen molar-refractivity contribution in [2.75, 3.05) is 6.16 Å². The lowest BCUT2D eigenvalue weighted by Gasteiger charge is -2.01. The highest BCUT2D eigenvalue weighted by molar-refractivity contribution is 7.16. The largest absolute Gasteiger partial charge is 0.137 e. The van der Waals surface area contributed by atoms with Gasteiger partial charge in [0, 0.05) is 0 Å². The molecule has 0 nitrogen and oxygen atoms in total.